The minimum absolute atomic E-state index is 0. The second-order valence-electron chi connectivity index (χ2n) is 4.16. The van der Waals surface area contributed by atoms with Crippen LogP contribution in [0.3, 0.4) is 0 Å². The number of nitrogens with two attached hydrogens (primary N) is 1. The number of benzene rings is 1. The molecule has 0 bridgehead atoms. The minimum Gasteiger partial charge on any atom is -0.491 e. The number of hydrogen-bond acceptors (Lipinski definition) is 2. The summed E-state index contributed by atoms with van der Waals surface area (Å²) in [5.41, 5.74) is 5.93. The Bertz CT molecular complexity index is 351. The molecule has 0 saturated heterocycles. The average molecular weight is 284 g/mol. The van der Waals surface area contributed by atoms with E-state index in [4.69, 9.17) is 10.5 Å². The van der Waals surface area contributed by atoms with Gasteiger partial charge in [0, 0.05) is 6.04 Å². The van der Waals surface area contributed by atoms with Crippen LogP contribution in [-0.2, 0) is 0 Å². The zero-order valence-corrected chi connectivity index (χ0v) is 11.0. The van der Waals surface area contributed by atoms with Crippen LogP contribution < -0.4 is 10.5 Å². The zero-order valence-electron chi connectivity index (χ0n) is 10.2. The lowest BCUT2D eigenvalue weighted by atomic mass is 10.0. The lowest BCUT2D eigenvalue weighted by Crippen LogP contribution is -2.20. The first-order chi connectivity index (χ1) is 7.78. The van der Waals surface area contributed by atoms with Crippen molar-refractivity contribution in [3.05, 3.63) is 29.8 Å². The fourth-order valence-corrected chi connectivity index (χ4v) is 1.43. The van der Waals surface area contributed by atoms with Crippen LogP contribution in [0.5, 0.6) is 5.75 Å². The van der Waals surface area contributed by atoms with E-state index in [0.29, 0.717) is 11.3 Å². The first kappa shape index (κ1) is 17.1. The molecule has 0 radical (unpaired) electrons. The summed E-state index contributed by atoms with van der Waals surface area (Å²) < 4.78 is 41.8. The summed E-state index contributed by atoms with van der Waals surface area (Å²) in [6.45, 7) is 3.76. The quantitative estimate of drug-likeness (QED) is 0.911. The van der Waals surface area contributed by atoms with Crippen molar-refractivity contribution in [2.45, 2.75) is 38.6 Å². The lowest BCUT2D eigenvalue weighted by Gasteiger charge is -2.15. The molecule has 1 aromatic rings. The molecule has 18 heavy (non-hydrogen) atoms. The highest BCUT2D eigenvalue weighted by Gasteiger charge is 2.30. The van der Waals surface area contributed by atoms with Gasteiger partial charge in [0.2, 0.25) is 0 Å². The predicted molar refractivity (Wildman–Crippen MR) is 67.1 cm³/mol. The van der Waals surface area contributed by atoms with Gasteiger partial charge in [0.05, 0.1) is 12.5 Å². The summed E-state index contributed by atoms with van der Waals surface area (Å²) in [7, 11) is 0. The van der Waals surface area contributed by atoms with E-state index >= 15 is 0 Å². The molecular formula is C12H17ClF3NO. The minimum atomic E-state index is -4.24. The van der Waals surface area contributed by atoms with E-state index in [2.05, 4.69) is 0 Å². The summed E-state index contributed by atoms with van der Waals surface area (Å²) in [4.78, 5) is 0. The maximum absolute atomic E-state index is 12.1. The number of ether oxygens (including phenoxy) is 1. The molecule has 0 aromatic heterocycles. The molecule has 104 valence electrons. The summed E-state index contributed by atoms with van der Waals surface area (Å²) in [5.74, 6) is 0.628. The van der Waals surface area contributed by atoms with Gasteiger partial charge in [-0.25, -0.2) is 0 Å². The molecule has 1 aromatic carbocycles. The predicted octanol–water partition coefficient (Wildman–Crippen LogP) is 3.85. The van der Waals surface area contributed by atoms with Crippen molar-refractivity contribution in [3.8, 4) is 5.75 Å². The Hall–Kier alpha value is -0.940. The third-order valence-corrected chi connectivity index (χ3v) is 2.13. The third kappa shape index (κ3) is 6.12. The SMILES string of the molecule is CC(C)Oc1ccc([C@H](N)CC(F)(F)F)cc1.Cl. The Morgan fingerprint density at radius 2 is 1.67 bits per heavy atom. The summed E-state index contributed by atoms with van der Waals surface area (Å²) in [6.07, 6.45) is -5.23. The monoisotopic (exact) mass is 283 g/mol. The van der Waals surface area contributed by atoms with Crippen molar-refractivity contribution >= 4 is 12.4 Å². The maximum Gasteiger partial charge on any atom is 0.390 e. The van der Waals surface area contributed by atoms with E-state index in [9.17, 15) is 13.2 Å². The van der Waals surface area contributed by atoms with Gasteiger partial charge >= 0.3 is 6.18 Å². The average Bonchev–Trinajstić information content (AvgIpc) is 2.15. The molecule has 0 heterocycles. The first-order valence-corrected chi connectivity index (χ1v) is 5.37. The Morgan fingerprint density at radius 1 is 1.17 bits per heavy atom. The van der Waals surface area contributed by atoms with Gasteiger partial charge in [-0.15, -0.1) is 12.4 Å². The Labute approximate surface area is 111 Å². The van der Waals surface area contributed by atoms with E-state index in [0.717, 1.165) is 0 Å². The van der Waals surface area contributed by atoms with Crippen LogP contribution in [0, 0.1) is 0 Å². The van der Waals surface area contributed by atoms with Crippen LogP contribution in [0.1, 0.15) is 31.9 Å². The number of rotatable bonds is 4. The standard InChI is InChI=1S/C12H16F3NO.ClH/c1-8(2)17-10-5-3-9(4-6-10)11(16)7-12(13,14)15;/h3-6,8,11H,7,16H2,1-2H3;1H/t11-;/m1./s1. The largest absolute Gasteiger partial charge is 0.491 e. The topological polar surface area (TPSA) is 35.2 Å². The first-order valence-electron chi connectivity index (χ1n) is 5.37. The van der Waals surface area contributed by atoms with Crippen LogP contribution in [0.15, 0.2) is 24.3 Å². The second-order valence-corrected chi connectivity index (χ2v) is 4.16. The van der Waals surface area contributed by atoms with Gasteiger partial charge in [0.25, 0.3) is 0 Å². The van der Waals surface area contributed by atoms with Gasteiger partial charge in [-0.2, -0.15) is 13.2 Å². The lowest BCUT2D eigenvalue weighted by molar-refractivity contribution is -0.138. The molecule has 0 aliphatic carbocycles. The molecule has 2 N–H and O–H groups in total. The van der Waals surface area contributed by atoms with Crippen LogP contribution in [0.25, 0.3) is 0 Å². The fourth-order valence-electron chi connectivity index (χ4n) is 1.43. The van der Waals surface area contributed by atoms with Gasteiger partial charge in [-0.3, -0.25) is 0 Å². The van der Waals surface area contributed by atoms with E-state index in [1.54, 1.807) is 24.3 Å². The molecule has 0 fully saturated rings. The molecule has 0 saturated carbocycles. The fraction of sp³-hybridized carbons (Fsp3) is 0.500. The van der Waals surface area contributed by atoms with Gasteiger partial charge in [-0.05, 0) is 31.5 Å². The van der Waals surface area contributed by atoms with Crippen molar-refractivity contribution < 1.29 is 17.9 Å². The Balaban J connectivity index is 0.00000289. The second kappa shape index (κ2) is 6.85. The summed E-state index contributed by atoms with van der Waals surface area (Å²) in [5, 5.41) is 0. The molecule has 0 aliphatic rings. The van der Waals surface area contributed by atoms with Gasteiger partial charge in [0.15, 0.2) is 0 Å². The molecule has 0 spiro atoms. The van der Waals surface area contributed by atoms with Crippen molar-refractivity contribution in [1.82, 2.24) is 0 Å². The Morgan fingerprint density at radius 3 is 2.06 bits per heavy atom. The molecule has 6 heteroatoms. The van der Waals surface area contributed by atoms with Crippen LogP contribution >= 0.6 is 12.4 Å². The van der Waals surface area contributed by atoms with Crippen molar-refractivity contribution in [3.63, 3.8) is 0 Å². The van der Waals surface area contributed by atoms with E-state index in [1.165, 1.54) is 0 Å². The van der Waals surface area contributed by atoms with Gasteiger partial charge in [0.1, 0.15) is 5.75 Å². The maximum atomic E-state index is 12.1. The van der Waals surface area contributed by atoms with Crippen LogP contribution in [-0.4, -0.2) is 12.3 Å². The van der Waals surface area contributed by atoms with Gasteiger partial charge < -0.3 is 10.5 Å². The highest BCUT2D eigenvalue weighted by atomic mass is 35.5. The Kier molecular flexibility index (Phi) is 6.49. The number of halogens is 4. The van der Waals surface area contributed by atoms with E-state index in [-0.39, 0.29) is 18.5 Å². The van der Waals surface area contributed by atoms with E-state index < -0.39 is 18.6 Å². The molecule has 0 amide bonds. The van der Waals surface area contributed by atoms with Crippen LogP contribution in [0.2, 0.25) is 0 Å². The summed E-state index contributed by atoms with van der Waals surface area (Å²) in [6, 6.07) is 5.36. The molecule has 0 aliphatic heterocycles. The highest BCUT2D eigenvalue weighted by molar-refractivity contribution is 5.85. The normalized spacial score (nSPS) is 13.1. The van der Waals surface area contributed by atoms with Gasteiger partial charge in [-0.1, -0.05) is 12.1 Å². The molecular weight excluding hydrogens is 267 g/mol. The number of hydrogen-bond donors (Lipinski definition) is 1. The van der Waals surface area contributed by atoms with Crippen LogP contribution in [0.4, 0.5) is 13.2 Å². The van der Waals surface area contributed by atoms with Crippen molar-refractivity contribution in [1.29, 1.82) is 0 Å². The zero-order chi connectivity index (χ0) is 13.1. The molecule has 1 rings (SSSR count). The smallest absolute Gasteiger partial charge is 0.390 e. The van der Waals surface area contributed by atoms with Crippen molar-refractivity contribution in [2.75, 3.05) is 0 Å². The molecule has 1 atom stereocenters. The van der Waals surface area contributed by atoms with E-state index in [1.807, 2.05) is 13.8 Å². The third-order valence-electron chi connectivity index (χ3n) is 2.13. The summed E-state index contributed by atoms with van der Waals surface area (Å²) >= 11 is 0. The number of alkyl halides is 3. The molecule has 0 unspecified atom stereocenters. The highest BCUT2D eigenvalue weighted by Crippen LogP contribution is 2.28. The van der Waals surface area contributed by atoms with Crippen molar-refractivity contribution in [2.24, 2.45) is 5.73 Å². The molecule has 2 nitrogen and oxygen atoms in total.